The lowest BCUT2D eigenvalue weighted by Crippen LogP contribution is -2.32. The molecular weight excluding hydrogens is 366 g/mol. The second-order valence-electron chi connectivity index (χ2n) is 5.72. The quantitative estimate of drug-likeness (QED) is 0.413. The zero-order valence-corrected chi connectivity index (χ0v) is 15.8. The van der Waals surface area contributed by atoms with E-state index in [0.29, 0.717) is 22.6 Å². The summed E-state index contributed by atoms with van der Waals surface area (Å²) in [5.41, 5.74) is 0.429. The Balaban J connectivity index is 1.92. The molecule has 140 valence electrons. The maximum absolute atomic E-state index is 12.9. The molecule has 2 amide bonds. The molecule has 3 aromatic rings. The van der Waals surface area contributed by atoms with Gasteiger partial charge in [0.2, 0.25) is 5.91 Å². The fraction of sp³-hybridized carbons (Fsp3) is 0.263. The minimum atomic E-state index is -0.783. The van der Waals surface area contributed by atoms with E-state index in [-0.39, 0.29) is 17.9 Å². The highest BCUT2D eigenvalue weighted by molar-refractivity contribution is 7.99. The molecule has 0 fully saturated rings. The summed E-state index contributed by atoms with van der Waals surface area (Å²) < 4.78 is 6.20. The van der Waals surface area contributed by atoms with Crippen molar-refractivity contribution in [3.63, 3.8) is 0 Å². The molecule has 1 heterocycles. The Labute approximate surface area is 159 Å². The molecule has 0 aliphatic heterocycles. The number of amides is 2. The molecule has 3 rings (SSSR count). The number of benzene rings is 2. The average Bonchev–Trinajstić information content (AvgIpc) is 2.65. The molecule has 1 aromatic heterocycles. The van der Waals surface area contributed by atoms with Gasteiger partial charge in [-0.2, -0.15) is 0 Å². The lowest BCUT2D eigenvalue weighted by atomic mass is 10.1. The van der Waals surface area contributed by atoms with Gasteiger partial charge in [-0.15, -0.1) is 0 Å². The smallest absolute Gasteiger partial charge is 0.413 e. The third-order valence-corrected chi connectivity index (χ3v) is 4.93. The third-order valence-electron chi connectivity index (χ3n) is 3.95. The Morgan fingerprint density at radius 3 is 2.56 bits per heavy atom. The molecule has 0 aliphatic carbocycles. The summed E-state index contributed by atoms with van der Waals surface area (Å²) in [6.07, 6.45) is -0.783. The number of nitrogens with zero attached hydrogens (tertiary/aromatic N) is 2. The highest BCUT2D eigenvalue weighted by Gasteiger charge is 2.14. The average molecular weight is 385 g/mol. The van der Waals surface area contributed by atoms with Crippen LogP contribution < -0.4 is 10.9 Å². The van der Waals surface area contributed by atoms with E-state index in [1.807, 2.05) is 43.3 Å². The van der Waals surface area contributed by atoms with Crippen molar-refractivity contribution in [2.45, 2.75) is 25.5 Å². The zero-order chi connectivity index (χ0) is 19.4. The molecule has 27 heavy (non-hydrogen) atoms. The van der Waals surface area contributed by atoms with Gasteiger partial charge in [0.25, 0.3) is 5.56 Å². The Hall–Kier alpha value is -2.87. The van der Waals surface area contributed by atoms with Gasteiger partial charge >= 0.3 is 6.09 Å². The van der Waals surface area contributed by atoms with Crippen LogP contribution >= 0.6 is 11.8 Å². The van der Waals surface area contributed by atoms with Crippen LogP contribution in [0, 0.1) is 0 Å². The molecule has 0 saturated carbocycles. The Morgan fingerprint density at radius 2 is 1.89 bits per heavy atom. The Kier molecular flexibility index (Phi) is 5.75. The summed E-state index contributed by atoms with van der Waals surface area (Å²) in [4.78, 5) is 40.6. The molecule has 0 unspecified atom stereocenters. The van der Waals surface area contributed by atoms with Crippen molar-refractivity contribution in [2.75, 3.05) is 12.4 Å². The molecule has 0 radical (unpaired) electrons. The Morgan fingerprint density at radius 1 is 1.19 bits per heavy atom. The molecule has 8 heteroatoms. The van der Waals surface area contributed by atoms with Crippen LogP contribution in [0.2, 0.25) is 0 Å². The maximum atomic E-state index is 12.9. The number of imide groups is 1. The van der Waals surface area contributed by atoms with E-state index in [4.69, 9.17) is 0 Å². The van der Waals surface area contributed by atoms with E-state index in [1.54, 1.807) is 6.92 Å². The molecule has 0 saturated heterocycles. The van der Waals surface area contributed by atoms with E-state index in [9.17, 15) is 14.4 Å². The molecule has 2 aromatic carbocycles. The zero-order valence-electron chi connectivity index (χ0n) is 15.0. The topological polar surface area (TPSA) is 90.3 Å². The van der Waals surface area contributed by atoms with Gasteiger partial charge in [-0.05, 0) is 36.8 Å². The van der Waals surface area contributed by atoms with Crippen LogP contribution in [0.15, 0.2) is 46.3 Å². The van der Waals surface area contributed by atoms with Crippen molar-refractivity contribution in [2.24, 2.45) is 0 Å². The number of carbonyl (C=O) groups is 2. The van der Waals surface area contributed by atoms with Crippen LogP contribution in [0.5, 0.6) is 0 Å². The summed E-state index contributed by atoms with van der Waals surface area (Å²) in [5.74, 6) is -0.557. The lowest BCUT2D eigenvalue weighted by molar-refractivity contribution is -0.117. The van der Waals surface area contributed by atoms with E-state index in [2.05, 4.69) is 15.0 Å². The predicted molar refractivity (Wildman–Crippen MR) is 105 cm³/mol. The first-order valence-electron chi connectivity index (χ1n) is 8.56. The number of fused-ring (bicyclic) bond motifs is 2. The summed E-state index contributed by atoms with van der Waals surface area (Å²) >= 11 is 1.11. The largest absolute Gasteiger partial charge is 0.450 e. The molecule has 1 N–H and O–H groups in total. The first-order chi connectivity index (χ1) is 13.0. The van der Waals surface area contributed by atoms with Gasteiger partial charge < -0.3 is 4.74 Å². The van der Waals surface area contributed by atoms with Crippen molar-refractivity contribution >= 4 is 45.4 Å². The number of alkyl carbamates (subject to hydrolysis) is 1. The van der Waals surface area contributed by atoms with Gasteiger partial charge in [-0.1, -0.05) is 36.0 Å². The minimum absolute atomic E-state index is 0.0512. The van der Waals surface area contributed by atoms with Gasteiger partial charge in [-0.25, -0.2) is 9.78 Å². The van der Waals surface area contributed by atoms with Crippen molar-refractivity contribution in [1.82, 2.24) is 14.9 Å². The molecule has 0 bridgehead atoms. The predicted octanol–water partition coefficient (Wildman–Crippen LogP) is 2.93. The normalized spacial score (nSPS) is 10.9. The van der Waals surface area contributed by atoms with Crippen LogP contribution in [0.4, 0.5) is 4.79 Å². The van der Waals surface area contributed by atoms with Crippen molar-refractivity contribution in [1.29, 1.82) is 0 Å². The summed E-state index contributed by atoms with van der Waals surface area (Å²) in [7, 11) is 0. The van der Waals surface area contributed by atoms with Crippen LogP contribution in [-0.2, 0) is 16.1 Å². The summed E-state index contributed by atoms with van der Waals surface area (Å²) in [6, 6.07) is 11.5. The first-order valence-corrected chi connectivity index (χ1v) is 9.54. The third kappa shape index (κ3) is 4.11. The number of rotatable bonds is 5. The molecule has 0 atom stereocenters. The highest BCUT2D eigenvalue weighted by atomic mass is 32.2. The number of aromatic nitrogens is 2. The molecule has 7 nitrogen and oxygen atoms in total. The fourth-order valence-electron chi connectivity index (χ4n) is 2.72. The van der Waals surface area contributed by atoms with Crippen LogP contribution in [0.3, 0.4) is 0 Å². The summed E-state index contributed by atoms with van der Waals surface area (Å²) in [5, 5.41) is 5.06. The Bertz CT molecular complexity index is 1080. The van der Waals surface area contributed by atoms with E-state index < -0.39 is 12.0 Å². The number of hydrogen-bond donors (Lipinski definition) is 1. The first kappa shape index (κ1) is 18.9. The number of carbonyl (C=O) groups excluding carboxylic acids is 2. The van der Waals surface area contributed by atoms with Crippen LogP contribution in [-0.4, -0.2) is 33.9 Å². The van der Waals surface area contributed by atoms with Crippen molar-refractivity contribution < 1.29 is 14.3 Å². The highest BCUT2D eigenvalue weighted by Crippen LogP contribution is 2.22. The van der Waals surface area contributed by atoms with Gasteiger partial charge in [0.05, 0.1) is 23.3 Å². The van der Waals surface area contributed by atoms with E-state index in [0.717, 1.165) is 22.5 Å². The monoisotopic (exact) mass is 385 g/mol. The molecule has 0 aliphatic rings. The van der Waals surface area contributed by atoms with Crippen molar-refractivity contribution in [3.05, 3.63) is 46.8 Å². The standard InChI is InChI=1S/C19H19N3O4S/c1-3-22-17(24)14-9-12-7-5-6-8-13(12)10-15(14)20-18(22)27-11-16(23)21-19(25)26-4-2/h5-10H,3-4,11H2,1-2H3,(H,21,23,25). The van der Waals surface area contributed by atoms with Crippen LogP contribution in [0.25, 0.3) is 21.7 Å². The van der Waals surface area contributed by atoms with Gasteiger partial charge in [-0.3, -0.25) is 19.5 Å². The fourth-order valence-corrected chi connectivity index (χ4v) is 3.59. The molecule has 0 spiro atoms. The van der Waals surface area contributed by atoms with E-state index in [1.165, 1.54) is 4.57 Å². The lowest BCUT2D eigenvalue weighted by Gasteiger charge is -2.11. The molecular formula is C19H19N3O4S. The number of hydrogen-bond acceptors (Lipinski definition) is 6. The maximum Gasteiger partial charge on any atom is 0.413 e. The number of thioether (sulfide) groups is 1. The summed E-state index contributed by atoms with van der Waals surface area (Å²) in [6.45, 7) is 4.11. The second-order valence-corrected chi connectivity index (χ2v) is 6.66. The van der Waals surface area contributed by atoms with Gasteiger partial charge in [0.1, 0.15) is 0 Å². The number of ether oxygens (including phenoxy) is 1. The number of nitrogens with one attached hydrogen (secondary N) is 1. The van der Waals surface area contributed by atoms with Crippen LogP contribution in [0.1, 0.15) is 13.8 Å². The van der Waals surface area contributed by atoms with Gasteiger partial charge in [0.15, 0.2) is 5.16 Å². The van der Waals surface area contributed by atoms with Crippen molar-refractivity contribution in [3.8, 4) is 0 Å². The van der Waals surface area contributed by atoms with E-state index >= 15 is 0 Å². The second kappa shape index (κ2) is 8.22. The minimum Gasteiger partial charge on any atom is -0.450 e. The van der Waals surface area contributed by atoms with Gasteiger partial charge in [0, 0.05) is 6.54 Å². The SMILES string of the molecule is CCOC(=O)NC(=O)CSc1nc2cc3ccccc3cc2c(=O)n1CC.